The third-order valence-corrected chi connectivity index (χ3v) is 4.19. The van der Waals surface area contributed by atoms with Crippen LogP contribution < -0.4 is 0 Å². The maximum atomic E-state index is 10.6. The first-order valence-corrected chi connectivity index (χ1v) is 9.17. The number of phenols is 1. The molecule has 5 nitrogen and oxygen atoms in total. The average Bonchev–Trinajstić information content (AvgIpc) is 2.54. The van der Waals surface area contributed by atoms with Crippen molar-refractivity contribution in [1.29, 1.82) is 0 Å². The van der Waals surface area contributed by atoms with Crippen molar-refractivity contribution in [3.8, 4) is 5.75 Å². The minimum atomic E-state index is 0.366. The Morgan fingerprint density at radius 2 is 1.72 bits per heavy atom. The van der Waals surface area contributed by atoms with E-state index >= 15 is 0 Å². The largest absolute Gasteiger partial charge is 0.507 e. The lowest BCUT2D eigenvalue weighted by molar-refractivity contribution is 0.241. The summed E-state index contributed by atoms with van der Waals surface area (Å²) >= 11 is 0. The highest BCUT2D eigenvalue weighted by atomic mass is 16.3. The van der Waals surface area contributed by atoms with Crippen LogP contribution in [0.2, 0.25) is 0 Å². The molecule has 142 valence electrons. The maximum absolute atomic E-state index is 10.6. The number of nitrogens with zero attached hydrogens (tertiary/aromatic N) is 4. The van der Waals surface area contributed by atoms with Crippen LogP contribution in [0.3, 0.4) is 0 Å². The molecule has 0 amide bonds. The lowest BCUT2D eigenvalue weighted by atomic mass is 10.0. The standard InChI is InChI=1S/C20H36N4O/c1-7-24(12-11-23(5)6)16-19-14-17(2)13-18(20(19)25)15-21-9-8-10-22(3)4/h13-15,25H,7-12,16H2,1-6H3. The molecule has 0 unspecified atom stereocenters. The second-order valence-electron chi connectivity index (χ2n) is 7.23. The van der Waals surface area contributed by atoms with E-state index in [0.717, 1.165) is 62.4 Å². The summed E-state index contributed by atoms with van der Waals surface area (Å²) in [5.41, 5.74) is 2.96. The molecule has 0 saturated heterocycles. The number of likely N-dealkylation sites (N-methyl/N-ethyl adjacent to an activating group) is 2. The smallest absolute Gasteiger partial charge is 0.128 e. The van der Waals surface area contributed by atoms with Crippen molar-refractivity contribution in [1.82, 2.24) is 14.7 Å². The van der Waals surface area contributed by atoms with E-state index in [1.165, 1.54) is 0 Å². The minimum absolute atomic E-state index is 0.366. The Hall–Kier alpha value is -1.43. The van der Waals surface area contributed by atoms with Crippen LogP contribution in [0.1, 0.15) is 30.0 Å². The topological polar surface area (TPSA) is 42.3 Å². The summed E-state index contributed by atoms with van der Waals surface area (Å²) in [6, 6.07) is 4.08. The maximum Gasteiger partial charge on any atom is 0.128 e. The molecule has 0 aliphatic carbocycles. The van der Waals surface area contributed by atoms with Crippen molar-refractivity contribution in [3.05, 3.63) is 28.8 Å². The summed E-state index contributed by atoms with van der Waals surface area (Å²) in [4.78, 5) is 11.2. The first-order valence-electron chi connectivity index (χ1n) is 9.17. The summed E-state index contributed by atoms with van der Waals surface area (Å²) in [5, 5.41) is 10.6. The van der Waals surface area contributed by atoms with E-state index in [0.29, 0.717) is 5.75 Å². The predicted octanol–water partition coefficient (Wildman–Crippen LogP) is 2.45. The van der Waals surface area contributed by atoms with Gasteiger partial charge in [-0.2, -0.15) is 0 Å². The average molecular weight is 349 g/mol. The molecule has 0 spiro atoms. The molecular weight excluding hydrogens is 312 g/mol. The van der Waals surface area contributed by atoms with Gasteiger partial charge in [-0.25, -0.2) is 0 Å². The van der Waals surface area contributed by atoms with E-state index in [1.54, 1.807) is 0 Å². The van der Waals surface area contributed by atoms with Crippen LogP contribution in [-0.4, -0.2) is 86.9 Å². The molecule has 0 heterocycles. The second-order valence-corrected chi connectivity index (χ2v) is 7.23. The Morgan fingerprint density at radius 3 is 2.32 bits per heavy atom. The lowest BCUT2D eigenvalue weighted by Gasteiger charge is -2.23. The van der Waals surface area contributed by atoms with Crippen LogP contribution in [0.5, 0.6) is 5.75 Å². The highest BCUT2D eigenvalue weighted by molar-refractivity contribution is 5.84. The summed E-state index contributed by atoms with van der Waals surface area (Å²) in [5.74, 6) is 0.366. The summed E-state index contributed by atoms with van der Waals surface area (Å²) in [6.07, 6.45) is 2.84. The van der Waals surface area contributed by atoms with Crippen molar-refractivity contribution in [2.24, 2.45) is 4.99 Å². The van der Waals surface area contributed by atoms with Gasteiger partial charge >= 0.3 is 0 Å². The fourth-order valence-corrected chi connectivity index (χ4v) is 2.68. The molecule has 1 aromatic carbocycles. The minimum Gasteiger partial charge on any atom is -0.507 e. The molecule has 0 radical (unpaired) electrons. The fraction of sp³-hybridized carbons (Fsp3) is 0.650. The number of aliphatic imine (C=N–C) groups is 1. The van der Waals surface area contributed by atoms with Gasteiger partial charge in [0.1, 0.15) is 5.75 Å². The molecule has 1 aromatic rings. The van der Waals surface area contributed by atoms with Gasteiger partial charge in [0.15, 0.2) is 0 Å². The molecule has 0 fully saturated rings. The number of aromatic hydroxyl groups is 1. The molecule has 0 saturated carbocycles. The Balaban J connectivity index is 2.77. The van der Waals surface area contributed by atoms with Crippen LogP contribution in [0.15, 0.2) is 17.1 Å². The van der Waals surface area contributed by atoms with E-state index in [-0.39, 0.29) is 0 Å². The van der Waals surface area contributed by atoms with Gasteiger partial charge in [0.2, 0.25) is 0 Å². The molecule has 0 aromatic heterocycles. The van der Waals surface area contributed by atoms with Crippen LogP contribution in [0.25, 0.3) is 0 Å². The number of hydrogen-bond acceptors (Lipinski definition) is 5. The summed E-state index contributed by atoms with van der Waals surface area (Å²) < 4.78 is 0. The molecule has 5 heteroatoms. The normalized spacial score (nSPS) is 12.2. The molecule has 1 rings (SSSR count). The number of benzene rings is 1. The Morgan fingerprint density at radius 1 is 1.04 bits per heavy atom. The predicted molar refractivity (Wildman–Crippen MR) is 108 cm³/mol. The molecular formula is C20H36N4O. The molecule has 0 aliphatic heterocycles. The Labute approximate surface area is 154 Å². The number of phenolic OH excluding ortho intramolecular Hbond substituents is 1. The first kappa shape index (κ1) is 21.6. The van der Waals surface area contributed by atoms with E-state index in [9.17, 15) is 5.11 Å². The van der Waals surface area contributed by atoms with Crippen LogP contribution in [0, 0.1) is 6.92 Å². The van der Waals surface area contributed by atoms with Gasteiger partial charge in [-0.15, -0.1) is 0 Å². The van der Waals surface area contributed by atoms with Crippen molar-refractivity contribution in [3.63, 3.8) is 0 Å². The quantitative estimate of drug-likeness (QED) is 0.493. The monoisotopic (exact) mass is 348 g/mol. The van der Waals surface area contributed by atoms with Gasteiger partial charge in [-0.05, 0) is 66.3 Å². The van der Waals surface area contributed by atoms with Gasteiger partial charge < -0.3 is 14.9 Å². The van der Waals surface area contributed by atoms with Gasteiger partial charge in [-0.1, -0.05) is 13.0 Å². The van der Waals surface area contributed by atoms with E-state index < -0.39 is 0 Å². The summed E-state index contributed by atoms with van der Waals surface area (Å²) in [6.45, 7) is 9.78. The second kappa shape index (κ2) is 11.2. The van der Waals surface area contributed by atoms with E-state index in [1.807, 2.05) is 12.3 Å². The zero-order chi connectivity index (χ0) is 18.8. The molecule has 0 bridgehead atoms. The molecule has 25 heavy (non-hydrogen) atoms. The van der Waals surface area contributed by atoms with Crippen LogP contribution >= 0.6 is 0 Å². The van der Waals surface area contributed by atoms with Crippen molar-refractivity contribution in [2.45, 2.75) is 26.8 Å². The zero-order valence-corrected chi connectivity index (χ0v) is 16.9. The van der Waals surface area contributed by atoms with Crippen molar-refractivity contribution in [2.75, 3.05) is 60.9 Å². The first-order chi connectivity index (χ1) is 11.8. The van der Waals surface area contributed by atoms with E-state index in [2.05, 4.69) is 67.8 Å². The Kier molecular flexibility index (Phi) is 9.71. The molecule has 1 N–H and O–H groups in total. The number of hydrogen-bond donors (Lipinski definition) is 1. The molecule has 0 atom stereocenters. The Bertz CT molecular complexity index is 541. The highest BCUT2D eigenvalue weighted by Crippen LogP contribution is 2.24. The van der Waals surface area contributed by atoms with Gasteiger partial charge in [0.05, 0.1) is 0 Å². The SMILES string of the molecule is CCN(CCN(C)C)Cc1cc(C)cc(C=NCCCN(C)C)c1O. The third kappa shape index (κ3) is 8.47. The van der Waals surface area contributed by atoms with Crippen molar-refractivity contribution < 1.29 is 5.11 Å². The highest BCUT2D eigenvalue weighted by Gasteiger charge is 2.11. The van der Waals surface area contributed by atoms with E-state index in [4.69, 9.17) is 0 Å². The summed E-state index contributed by atoms with van der Waals surface area (Å²) in [7, 11) is 8.31. The van der Waals surface area contributed by atoms with Gasteiger partial charge in [-0.3, -0.25) is 9.89 Å². The van der Waals surface area contributed by atoms with Gasteiger partial charge in [0, 0.05) is 43.5 Å². The van der Waals surface area contributed by atoms with Gasteiger partial charge in [0.25, 0.3) is 0 Å². The number of rotatable bonds is 11. The van der Waals surface area contributed by atoms with Crippen LogP contribution in [0.4, 0.5) is 0 Å². The van der Waals surface area contributed by atoms with Crippen molar-refractivity contribution >= 4 is 6.21 Å². The number of aryl methyl sites for hydroxylation is 1. The third-order valence-electron chi connectivity index (χ3n) is 4.19. The molecule has 0 aliphatic rings. The zero-order valence-electron chi connectivity index (χ0n) is 16.9. The fourth-order valence-electron chi connectivity index (χ4n) is 2.68. The lowest BCUT2D eigenvalue weighted by Crippen LogP contribution is -2.31. The van der Waals surface area contributed by atoms with Crippen LogP contribution in [-0.2, 0) is 6.54 Å².